The molecule has 0 aliphatic carbocycles. The van der Waals surface area contributed by atoms with Gasteiger partial charge in [-0.3, -0.25) is 0 Å². The molecule has 11 nitrogen and oxygen atoms in total. The van der Waals surface area contributed by atoms with Crippen molar-refractivity contribution in [2.45, 2.75) is 0 Å². The Morgan fingerprint density at radius 2 is 0.875 bits per heavy atom. The third kappa shape index (κ3) is 22.7. The van der Waals surface area contributed by atoms with E-state index >= 15 is 0 Å². The maximum atomic E-state index is 10.2. The summed E-state index contributed by atoms with van der Waals surface area (Å²) in [7, 11) is 0. The van der Waals surface area contributed by atoms with Crippen LogP contribution in [0.3, 0.4) is 0 Å². The minimum atomic E-state index is -1.33. The minimum absolute atomic E-state index is 0. The molecule has 1 rings (SSSR count). The smallest absolute Gasteiger partial charge is 0.545 e. The van der Waals surface area contributed by atoms with Gasteiger partial charge in [0.2, 0.25) is 0 Å². The van der Waals surface area contributed by atoms with Gasteiger partial charge < -0.3 is 59.2 Å². The predicted octanol–water partition coefficient (Wildman–Crippen LogP) is -6.45. The van der Waals surface area contributed by atoms with Gasteiger partial charge in [0, 0.05) is 26.2 Å². The molecule has 0 aliphatic heterocycles. The number of carboxylic acid groups (broad SMARTS) is 2. The summed E-state index contributed by atoms with van der Waals surface area (Å²) in [6, 6.07) is 4.61. The molecule has 0 aliphatic rings. The van der Waals surface area contributed by atoms with Crippen LogP contribution in [-0.2, 0) is 27.4 Å². The quantitative estimate of drug-likeness (QED) is 0.278. The number of carbonyl (C=O) groups is 2. The maximum absolute atomic E-state index is 10.2. The second-order valence-corrected chi connectivity index (χ2v) is 3.31. The van der Waals surface area contributed by atoms with Crippen molar-refractivity contribution < 1.29 is 52.7 Å². The molecule has 0 aromatic heterocycles. The number of aromatic carboxylic acids is 2. The molecule has 12 heteroatoms. The Bertz CT molecular complexity index is 352. The Morgan fingerprint density at radius 3 is 0.958 bits per heavy atom. The van der Waals surface area contributed by atoms with E-state index in [1.54, 1.807) is 0 Å². The second-order valence-electron chi connectivity index (χ2n) is 3.31. The Labute approximate surface area is 149 Å². The monoisotopic (exact) mass is 398 g/mol. The Hall–Kier alpha value is -1.63. The van der Waals surface area contributed by atoms with Crippen LogP contribution in [0.1, 0.15) is 20.7 Å². The molecule has 0 spiro atoms. The molecule has 0 radical (unpaired) electrons. The minimum Gasteiger partial charge on any atom is -0.545 e. The summed E-state index contributed by atoms with van der Waals surface area (Å²) in [5.74, 6) is -2.67. The van der Waals surface area contributed by atoms with Crippen molar-refractivity contribution in [3.05, 3.63) is 35.4 Å². The Balaban J connectivity index is -0.0000000585. The van der Waals surface area contributed by atoms with Crippen LogP contribution in [0.2, 0.25) is 0 Å². The maximum Gasteiger partial charge on any atom is 2.00 e. The van der Waals surface area contributed by atoms with E-state index in [0.717, 1.165) is 24.3 Å². The zero-order chi connectivity index (χ0) is 16.0. The SMILES string of the molecule is NCCN.NCCN.O.O=C([O-])c1ccc(C(=O)[O-])cc1.[Ni+2].[OH3+].[OH3+]. The summed E-state index contributed by atoms with van der Waals surface area (Å²) in [5.41, 5.74) is 19.5. The molecule has 0 saturated heterocycles. The first-order valence-electron chi connectivity index (χ1n) is 5.77. The van der Waals surface area contributed by atoms with Crippen molar-refractivity contribution in [1.29, 1.82) is 0 Å². The fourth-order valence-corrected chi connectivity index (χ4v) is 0.742. The fourth-order valence-electron chi connectivity index (χ4n) is 0.742. The largest absolute Gasteiger partial charge is 2.00 e. The third-order valence-corrected chi connectivity index (χ3v) is 1.69. The van der Waals surface area contributed by atoms with Gasteiger partial charge in [-0.05, 0) is 11.1 Å². The molecule has 0 unspecified atom stereocenters. The first-order chi connectivity index (χ1) is 9.44. The van der Waals surface area contributed by atoms with Gasteiger partial charge in [-0.1, -0.05) is 24.3 Å². The molecule has 1 aromatic carbocycles. The van der Waals surface area contributed by atoms with Crippen LogP contribution in [-0.4, -0.2) is 43.6 Å². The average molecular weight is 399 g/mol. The van der Waals surface area contributed by atoms with Crippen LogP contribution in [0.5, 0.6) is 0 Å². The molecule has 0 atom stereocenters. The van der Waals surface area contributed by atoms with Crippen molar-refractivity contribution in [3.63, 3.8) is 0 Å². The van der Waals surface area contributed by atoms with Crippen LogP contribution in [0.4, 0.5) is 0 Å². The van der Waals surface area contributed by atoms with Crippen molar-refractivity contribution >= 4 is 11.9 Å². The number of nitrogens with two attached hydrogens (primary N) is 4. The zero-order valence-electron chi connectivity index (χ0n) is 13.1. The van der Waals surface area contributed by atoms with E-state index in [2.05, 4.69) is 0 Å². The van der Waals surface area contributed by atoms with E-state index in [-0.39, 0.29) is 44.0 Å². The molecular formula is C12H28N4NiO7+2. The fraction of sp³-hybridized carbons (Fsp3) is 0.333. The van der Waals surface area contributed by atoms with Crippen molar-refractivity contribution in [2.75, 3.05) is 26.2 Å². The Morgan fingerprint density at radius 1 is 0.708 bits per heavy atom. The van der Waals surface area contributed by atoms with E-state index in [1.807, 2.05) is 0 Å². The molecule has 16 N–H and O–H groups in total. The van der Waals surface area contributed by atoms with Crippen molar-refractivity contribution in [3.8, 4) is 0 Å². The van der Waals surface area contributed by atoms with Crippen LogP contribution in [0.25, 0.3) is 0 Å². The van der Waals surface area contributed by atoms with Crippen molar-refractivity contribution in [1.82, 2.24) is 0 Å². The van der Waals surface area contributed by atoms with Gasteiger partial charge >= 0.3 is 16.5 Å². The topological polar surface area (TPSA) is 282 Å². The molecule has 0 fully saturated rings. The standard InChI is InChI=1S/C8H6O4.2C2H8N2.Ni.3H2O/c9-7(10)5-1-2-6(4-3-5)8(11)12;2*3-1-2-4;;;;/h1-4H,(H,9,10)(H,11,12);2*1-4H2;;3*1H2/q;;;+2;;;. The number of carboxylic acids is 2. The summed E-state index contributed by atoms with van der Waals surface area (Å²) in [6.45, 7) is 2.39. The molecule has 0 amide bonds. The summed E-state index contributed by atoms with van der Waals surface area (Å²) in [5, 5.41) is 20.4. The third-order valence-electron chi connectivity index (χ3n) is 1.69. The molecule has 24 heavy (non-hydrogen) atoms. The normalized spacial score (nSPS) is 7.17. The van der Waals surface area contributed by atoms with Gasteiger partial charge in [0.15, 0.2) is 0 Å². The second kappa shape index (κ2) is 26.3. The number of hydrogen-bond donors (Lipinski definition) is 4. The van der Waals surface area contributed by atoms with Gasteiger partial charge in [-0.2, -0.15) is 0 Å². The first-order valence-corrected chi connectivity index (χ1v) is 5.77. The van der Waals surface area contributed by atoms with E-state index < -0.39 is 11.9 Å². The van der Waals surface area contributed by atoms with Gasteiger partial charge in [0.1, 0.15) is 0 Å². The Kier molecular flexibility index (Phi) is 41.7. The number of carbonyl (C=O) groups excluding carboxylic acids is 2. The average Bonchev–Trinajstić information content (AvgIpc) is 2.47. The summed E-state index contributed by atoms with van der Waals surface area (Å²) >= 11 is 0. The molecular weight excluding hydrogens is 371 g/mol. The van der Waals surface area contributed by atoms with Gasteiger partial charge in [0.05, 0.1) is 11.9 Å². The van der Waals surface area contributed by atoms with E-state index in [1.165, 1.54) is 0 Å². The number of benzene rings is 1. The van der Waals surface area contributed by atoms with Crippen LogP contribution in [0.15, 0.2) is 24.3 Å². The number of hydrogen-bond acceptors (Lipinski definition) is 8. The summed E-state index contributed by atoms with van der Waals surface area (Å²) < 4.78 is 0. The van der Waals surface area contributed by atoms with Crippen LogP contribution in [0, 0.1) is 0 Å². The first kappa shape index (κ1) is 38.1. The molecule has 0 heterocycles. The van der Waals surface area contributed by atoms with Crippen LogP contribution >= 0.6 is 0 Å². The molecule has 0 saturated carbocycles. The van der Waals surface area contributed by atoms with Gasteiger partial charge in [-0.15, -0.1) is 0 Å². The van der Waals surface area contributed by atoms with Gasteiger partial charge in [-0.25, -0.2) is 0 Å². The molecule has 0 bridgehead atoms. The van der Waals surface area contributed by atoms with E-state index in [4.69, 9.17) is 22.9 Å². The molecule has 146 valence electrons. The van der Waals surface area contributed by atoms with Crippen LogP contribution < -0.4 is 33.1 Å². The molecule has 1 aromatic rings. The van der Waals surface area contributed by atoms with E-state index in [0.29, 0.717) is 26.2 Å². The summed E-state index contributed by atoms with van der Waals surface area (Å²) in [6.07, 6.45) is 0. The number of rotatable bonds is 4. The van der Waals surface area contributed by atoms with Crippen molar-refractivity contribution in [2.24, 2.45) is 22.9 Å². The predicted molar refractivity (Wildman–Crippen MR) is 84.7 cm³/mol. The summed E-state index contributed by atoms with van der Waals surface area (Å²) in [4.78, 5) is 20.4. The van der Waals surface area contributed by atoms with E-state index in [9.17, 15) is 19.8 Å². The zero-order valence-corrected chi connectivity index (χ0v) is 14.0. The van der Waals surface area contributed by atoms with Gasteiger partial charge in [0.25, 0.3) is 0 Å².